The van der Waals surface area contributed by atoms with Gasteiger partial charge in [0.25, 0.3) is 5.91 Å². The van der Waals surface area contributed by atoms with Crippen molar-refractivity contribution in [2.45, 2.75) is 6.42 Å². The Bertz CT molecular complexity index is 737. The first-order valence-corrected chi connectivity index (χ1v) is 6.11. The van der Waals surface area contributed by atoms with Crippen molar-refractivity contribution < 1.29 is 9.59 Å². The first-order chi connectivity index (χ1) is 9.15. The van der Waals surface area contributed by atoms with Gasteiger partial charge in [0.15, 0.2) is 0 Å². The molecule has 0 radical (unpaired) electrons. The highest BCUT2D eigenvalue weighted by molar-refractivity contribution is 6.35. The minimum Gasteiger partial charge on any atom is -0.292 e. The van der Waals surface area contributed by atoms with E-state index >= 15 is 0 Å². The number of carbonyl (C=O) groups is 2. The zero-order valence-electron chi connectivity index (χ0n) is 9.81. The molecule has 1 N–H and O–H groups in total. The van der Waals surface area contributed by atoms with Gasteiger partial charge in [-0.25, -0.2) is 0 Å². The standard InChI is InChI=1S/C14H9ClN2O2/c15-11-4-3-8(13-10(11)2-1-5-16-13)6-9-7-12(18)17-14(9)19/h1-6H,7H2,(H,17,18,19)/b9-6-. The van der Waals surface area contributed by atoms with Crippen LogP contribution in [-0.4, -0.2) is 16.8 Å². The second-order valence-electron chi connectivity index (χ2n) is 4.26. The molecule has 0 atom stereocenters. The van der Waals surface area contributed by atoms with Crippen molar-refractivity contribution in [1.82, 2.24) is 10.3 Å². The normalized spacial score (nSPS) is 17.2. The van der Waals surface area contributed by atoms with Gasteiger partial charge in [-0.15, -0.1) is 0 Å². The van der Waals surface area contributed by atoms with Crippen molar-refractivity contribution in [1.29, 1.82) is 0 Å². The number of nitrogens with zero attached hydrogens (tertiary/aromatic N) is 1. The summed E-state index contributed by atoms with van der Waals surface area (Å²) >= 11 is 6.10. The zero-order chi connectivity index (χ0) is 13.4. The molecule has 0 aliphatic carbocycles. The number of halogens is 1. The van der Waals surface area contributed by atoms with Crippen LogP contribution in [0.25, 0.3) is 17.0 Å². The Morgan fingerprint density at radius 3 is 2.84 bits per heavy atom. The van der Waals surface area contributed by atoms with Gasteiger partial charge in [-0.3, -0.25) is 19.9 Å². The molecule has 94 valence electrons. The summed E-state index contributed by atoms with van der Waals surface area (Å²) < 4.78 is 0. The molecule has 1 fully saturated rings. The van der Waals surface area contributed by atoms with Gasteiger partial charge in [0.2, 0.25) is 5.91 Å². The summed E-state index contributed by atoms with van der Waals surface area (Å²) in [5, 5.41) is 3.68. The van der Waals surface area contributed by atoms with Crippen molar-refractivity contribution >= 4 is 40.4 Å². The fourth-order valence-corrected chi connectivity index (χ4v) is 2.30. The molecule has 1 aromatic carbocycles. The molecule has 5 heteroatoms. The molecule has 0 saturated carbocycles. The van der Waals surface area contributed by atoms with Gasteiger partial charge in [-0.2, -0.15) is 0 Å². The Morgan fingerprint density at radius 1 is 1.26 bits per heavy atom. The summed E-state index contributed by atoms with van der Waals surface area (Å²) in [5.74, 6) is -0.619. The Balaban J connectivity index is 2.17. The van der Waals surface area contributed by atoms with Gasteiger partial charge in [0.1, 0.15) is 0 Å². The number of carbonyl (C=O) groups excluding carboxylic acids is 2. The van der Waals surface area contributed by atoms with E-state index in [0.717, 1.165) is 16.5 Å². The van der Waals surface area contributed by atoms with Crippen LogP contribution in [0.15, 0.2) is 36.0 Å². The lowest BCUT2D eigenvalue weighted by Gasteiger charge is -2.03. The van der Waals surface area contributed by atoms with E-state index in [9.17, 15) is 9.59 Å². The lowest BCUT2D eigenvalue weighted by Crippen LogP contribution is -2.19. The minimum absolute atomic E-state index is 0.107. The van der Waals surface area contributed by atoms with Crippen LogP contribution < -0.4 is 5.32 Å². The first kappa shape index (κ1) is 11.9. The van der Waals surface area contributed by atoms with Crippen LogP contribution in [0.3, 0.4) is 0 Å². The molecule has 2 aromatic rings. The highest BCUT2D eigenvalue weighted by Crippen LogP contribution is 2.27. The highest BCUT2D eigenvalue weighted by atomic mass is 35.5. The molecule has 2 amide bonds. The van der Waals surface area contributed by atoms with E-state index in [1.807, 2.05) is 6.07 Å². The average molecular weight is 273 g/mol. The van der Waals surface area contributed by atoms with Gasteiger partial charge in [-0.1, -0.05) is 17.7 Å². The second kappa shape index (κ2) is 4.48. The zero-order valence-corrected chi connectivity index (χ0v) is 10.6. The summed E-state index contributed by atoms with van der Waals surface area (Å²) in [6.45, 7) is 0. The molecule has 3 rings (SSSR count). The maximum Gasteiger partial charge on any atom is 0.254 e. The van der Waals surface area contributed by atoms with E-state index in [1.54, 1.807) is 30.5 Å². The molecule has 0 bridgehead atoms. The minimum atomic E-state index is -0.343. The monoisotopic (exact) mass is 272 g/mol. The number of hydrogen-bond donors (Lipinski definition) is 1. The number of nitrogens with one attached hydrogen (secondary N) is 1. The molecule has 0 spiro atoms. The number of amides is 2. The van der Waals surface area contributed by atoms with Crippen molar-refractivity contribution in [2.75, 3.05) is 0 Å². The topological polar surface area (TPSA) is 59.1 Å². The maximum atomic E-state index is 11.5. The molecule has 1 aliphatic rings. The van der Waals surface area contributed by atoms with Crippen LogP contribution in [0.2, 0.25) is 5.02 Å². The Labute approximate surface area is 114 Å². The Morgan fingerprint density at radius 2 is 2.11 bits per heavy atom. The van der Waals surface area contributed by atoms with Crippen LogP contribution in [0.5, 0.6) is 0 Å². The molecule has 0 unspecified atom stereocenters. The molecular weight excluding hydrogens is 264 g/mol. The number of benzene rings is 1. The van der Waals surface area contributed by atoms with E-state index in [4.69, 9.17) is 11.6 Å². The van der Waals surface area contributed by atoms with Gasteiger partial charge in [0.05, 0.1) is 17.0 Å². The number of imide groups is 1. The fraction of sp³-hybridized carbons (Fsp3) is 0.0714. The van der Waals surface area contributed by atoms with Crippen LogP contribution in [0.4, 0.5) is 0 Å². The lowest BCUT2D eigenvalue weighted by molar-refractivity contribution is -0.124. The maximum absolute atomic E-state index is 11.5. The van der Waals surface area contributed by atoms with Crippen molar-refractivity contribution in [3.63, 3.8) is 0 Å². The van der Waals surface area contributed by atoms with Crippen LogP contribution in [0, 0.1) is 0 Å². The summed E-state index contributed by atoms with van der Waals surface area (Å²) in [4.78, 5) is 27.0. The van der Waals surface area contributed by atoms with Crippen LogP contribution in [0.1, 0.15) is 12.0 Å². The summed E-state index contributed by atoms with van der Waals surface area (Å²) in [6.07, 6.45) is 3.46. The second-order valence-corrected chi connectivity index (χ2v) is 4.67. The van der Waals surface area contributed by atoms with Crippen LogP contribution in [-0.2, 0) is 9.59 Å². The fourth-order valence-electron chi connectivity index (χ4n) is 2.08. The number of pyridine rings is 1. The number of hydrogen-bond acceptors (Lipinski definition) is 3. The molecule has 4 nitrogen and oxygen atoms in total. The summed E-state index contributed by atoms with van der Waals surface area (Å²) in [5.41, 5.74) is 1.94. The summed E-state index contributed by atoms with van der Waals surface area (Å²) in [7, 11) is 0. The third-order valence-electron chi connectivity index (χ3n) is 2.97. The third-order valence-corrected chi connectivity index (χ3v) is 3.30. The van der Waals surface area contributed by atoms with E-state index < -0.39 is 0 Å². The molecule has 1 aliphatic heterocycles. The molecular formula is C14H9ClN2O2. The van der Waals surface area contributed by atoms with Crippen molar-refractivity contribution in [3.05, 3.63) is 46.6 Å². The molecule has 1 aromatic heterocycles. The molecule has 2 heterocycles. The van der Waals surface area contributed by atoms with Gasteiger partial charge in [0, 0.05) is 22.7 Å². The SMILES string of the molecule is O=C1C/C(=C/c2ccc(Cl)c3cccnc23)C(=O)N1. The Hall–Kier alpha value is -2.20. The third kappa shape index (κ3) is 2.11. The number of aromatic nitrogens is 1. The summed E-state index contributed by atoms with van der Waals surface area (Å²) in [6, 6.07) is 7.22. The predicted molar refractivity (Wildman–Crippen MR) is 72.5 cm³/mol. The van der Waals surface area contributed by atoms with Crippen molar-refractivity contribution in [2.24, 2.45) is 0 Å². The highest BCUT2D eigenvalue weighted by Gasteiger charge is 2.23. The number of rotatable bonds is 1. The number of fused-ring (bicyclic) bond motifs is 1. The van der Waals surface area contributed by atoms with E-state index in [0.29, 0.717) is 10.6 Å². The van der Waals surface area contributed by atoms with E-state index in [2.05, 4.69) is 10.3 Å². The molecule has 1 saturated heterocycles. The molecule has 19 heavy (non-hydrogen) atoms. The Kier molecular flexibility index (Phi) is 2.80. The smallest absolute Gasteiger partial charge is 0.254 e. The largest absolute Gasteiger partial charge is 0.292 e. The quantitative estimate of drug-likeness (QED) is 0.640. The van der Waals surface area contributed by atoms with Crippen LogP contribution >= 0.6 is 11.6 Å². The predicted octanol–water partition coefficient (Wildman–Crippen LogP) is 2.32. The van der Waals surface area contributed by atoms with E-state index in [-0.39, 0.29) is 18.2 Å². The van der Waals surface area contributed by atoms with Crippen molar-refractivity contribution in [3.8, 4) is 0 Å². The van der Waals surface area contributed by atoms with Gasteiger partial charge in [-0.05, 0) is 24.3 Å². The van der Waals surface area contributed by atoms with Gasteiger partial charge >= 0.3 is 0 Å². The lowest BCUT2D eigenvalue weighted by atomic mass is 10.1. The van der Waals surface area contributed by atoms with Gasteiger partial charge < -0.3 is 0 Å². The van der Waals surface area contributed by atoms with E-state index in [1.165, 1.54) is 0 Å². The average Bonchev–Trinajstić information content (AvgIpc) is 2.72. The first-order valence-electron chi connectivity index (χ1n) is 5.73.